The predicted octanol–water partition coefficient (Wildman–Crippen LogP) is 3.85. The largest absolute Gasteiger partial charge is 0.494 e. The second-order valence-electron chi connectivity index (χ2n) is 5.38. The summed E-state index contributed by atoms with van der Waals surface area (Å²) in [5, 5.41) is 22.9. The molecule has 7 nitrogen and oxygen atoms in total. The summed E-state index contributed by atoms with van der Waals surface area (Å²) >= 11 is 0. The molecule has 1 N–H and O–H groups in total. The van der Waals surface area contributed by atoms with E-state index in [0.717, 1.165) is 0 Å². The number of nitrogens with one attached hydrogen (secondary N) is 1. The summed E-state index contributed by atoms with van der Waals surface area (Å²) in [4.78, 5) is 22.8. The van der Waals surface area contributed by atoms with Gasteiger partial charge in [0.15, 0.2) is 0 Å². The summed E-state index contributed by atoms with van der Waals surface area (Å²) < 4.78 is 5.32. The number of hydrogen-bond acceptors (Lipinski definition) is 5. The molecule has 0 unspecified atom stereocenters. The molecule has 1 amide bonds. The number of benzene rings is 2. The molecule has 2 rings (SSSR count). The molecule has 0 bridgehead atoms. The molecule has 0 atom stereocenters. The molecule has 0 aliphatic heterocycles. The standard InChI is InChI=1S/C19H17N3O4/c1-3-26-17-8-6-16(7-9-17)21-19(23)15(12-20)10-14-5-4-13(2)18(11-14)22(24)25/h4-11H,3H2,1-2H3,(H,21,23)/b15-10+. The second-order valence-corrected chi connectivity index (χ2v) is 5.38. The van der Waals surface area contributed by atoms with Crippen LogP contribution in [0.3, 0.4) is 0 Å². The van der Waals surface area contributed by atoms with Crippen molar-refractivity contribution in [1.29, 1.82) is 5.26 Å². The van der Waals surface area contributed by atoms with Gasteiger partial charge in [0.2, 0.25) is 0 Å². The highest BCUT2D eigenvalue weighted by Crippen LogP contribution is 2.21. The Hall–Kier alpha value is -3.66. The van der Waals surface area contributed by atoms with Gasteiger partial charge in [0.05, 0.1) is 11.5 Å². The lowest BCUT2D eigenvalue weighted by atomic mass is 10.1. The van der Waals surface area contributed by atoms with Crippen molar-refractivity contribution in [2.75, 3.05) is 11.9 Å². The number of hydrogen-bond donors (Lipinski definition) is 1. The van der Waals surface area contributed by atoms with E-state index in [2.05, 4.69) is 5.32 Å². The zero-order chi connectivity index (χ0) is 19.1. The summed E-state index contributed by atoms with van der Waals surface area (Å²) in [5.74, 6) is 0.0772. The first-order valence-electron chi connectivity index (χ1n) is 7.85. The van der Waals surface area contributed by atoms with Crippen molar-refractivity contribution in [3.05, 3.63) is 69.3 Å². The van der Waals surface area contributed by atoms with Gasteiger partial charge in [-0.3, -0.25) is 14.9 Å². The van der Waals surface area contributed by atoms with Crippen molar-refractivity contribution < 1.29 is 14.5 Å². The number of carbonyl (C=O) groups excluding carboxylic acids is 1. The minimum absolute atomic E-state index is 0.0667. The van der Waals surface area contributed by atoms with Gasteiger partial charge >= 0.3 is 0 Å². The van der Waals surface area contributed by atoms with E-state index >= 15 is 0 Å². The van der Waals surface area contributed by atoms with E-state index < -0.39 is 10.8 Å². The molecule has 0 fully saturated rings. The number of nitrogens with zero attached hydrogens (tertiary/aromatic N) is 2. The molecule has 0 radical (unpaired) electrons. The van der Waals surface area contributed by atoms with E-state index in [0.29, 0.717) is 29.2 Å². The van der Waals surface area contributed by atoms with Gasteiger partial charge in [0.25, 0.3) is 11.6 Å². The molecule has 0 aliphatic carbocycles. The number of carbonyl (C=O) groups is 1. The number of amides is 1. The smallest absolute Gasteiger partial charge is 0.272 e. The Kier molecular flexibility index (Phi) is 6.06. The molecule has 0 saturated heterocycles. The van der Waals surface area contributed by atoms with Crippen LogP contribution >= 0.6 is 0 Å². The Balaban J connectivity index is 2.20. The number of nitriles is 1. The number of nitro benzene ring substituents is 1. The van der Waals surface area contributed by atoms with Crippen LogP contribution in [0, 0.1) is 28.4 Å². The van der Waals surface area contributed by atoms with Crippen molar-refractivity contribution in [2.45, 2.75) is 13.8 Å². The van der Waals surface area contributed by atoms with E-state index in [9.17, 15) is 20.2 Å². The van der Waals surface area contributed by atoms with Crippen LogP contribution in [-0.4, -0.2) is 17.4 Å². The maximum absolute atomic E-state index is 12.3. The average Bonchev–Trinajstić information content (AvgIpc) is 2.62. The Bertz CT molecular complexity index is 896. The number of rotatable bonds is 6. The van der Waals surface area contributed by atoms with Crippen molar-refractivity contribution in [2.24, 2.45) is 0 Å². The van der Waals surface area contributed by atoms with Gasteiger partial charge in [-0.1, -0.05) is 12.1 Å². The van der Waals surface area contributed by atoms with Crippen LogP contribution in [0.15, 0.2) is 48.0 Å². The Morgan fingerprint density at radius 1 is 1.31 bits per heavy atom. The summed E-state index contributed by atoms with van der Waals surface area (Å²) in [7, 11) is 0. The highest BCUT2D eigenvalue weighted by atomic mass is 16.6. The fourth-order valence-corrected chi connectivity index (χ4v) is 2.23. The second kappa shape index (κ2) is 8.44. The van der Waals surface area contributed by atoms with E-state index in [1.807, 2.05) is 13.0 Å². The third-order valence-electron chi connectivity index (χ3n) is 3.53. The van der Waals surface area contributed by atoms with Crippen molar-refractivity contribution in [3.8, 4) is 11.8 Å². The van der Waals surface area contributed by atoms with Crippen LogP contribution < -0.4 is 10.1 Å². The fraction of sp³-hybridized carbons (Fsp3) is 0.158. The molecular formula is C19H17N3O4. The van der Waals surface area contributed by atoms with Crippen molar-refractivity contribution in [3.63, 3.8) is 0 Å². The molecule has 26 heavy (non-hydrogen) atoms. The third kappa shape index (κ3) is 4.68. The third-order valence-corrected chi connectivity index (χ3v) is 3.53. The first kappa shape index (κ1) is 18.7. The Labute approximate surface area is 150 Å². The molecule has 0 spiro atoms. The van der Waals surface area contributed by atoms with Gasteiger partial charge in [0.1, 0.15) is 17.4 Å². The van der Waals surface area contributed by atoms with Crippen molar-refractivity contribution >= 4 is 23.4 Å². The van der Waals surface area contributed by atoms with Crippen LogP contribution in [0.4, 0.5) is 11.4 Å². The molecule has 0 heterocycles. The minimum atomic E-state index is -0.597. The van der Waals surface area contributed by atoms with Crippen LogP contribution in [0.5, 0.6) is 5.75 Å². The lowest BCUT2D eigenvalue weighted by molar-refractivity contribution is -0.385. The van der Waals surface area contributed by atoms with Gasteiger partial charge < -0.3 is 10.1 Å². The van der Waals surface area contributed by atoms with E-state index in [4.69, 9.17) is 4.74 Å². The van der Waals surface area contributed by atoms with Crippen LogP contribution in [0.1, 0.15) is 18.1 Å². The average molecular weight is 351 g/mol. The highest BCUT2D eigenvalue weighted by Gasteiger charge is 2.13. The molecule has 2 aromatic rings. The SMILES string of the molecule is CCOc1ccc(NC(=O)/C(C#N)=C/c2ccc(C)c([N+](=O)[O-])c2)cc1. The maximum Gasteiger partial charge on any atom is 0.272 e. The molecule has 0 aromatic heterocycles. The monoisotopic (exact) mass is 351 g/mol. The van der Waals surface area contributed by atoms with Gasteiger partial charge in [-0.15, -0.1) is 0 Å². The molecule has 2 aromatic carbocycles. The van der Waals surface area contributed by atoms with Crippen LogP contribution in [0.25, 0.3) is 6.08 Å². The van der Waals surface area contributed by atoms with Gasteiger partial charge in [0, 0.05) is 17.3 Å². The zero-order valence-corrected chi connectivity index (χ0v) is 14.4. The lowest BCUT2D eigenvalue weighted by Gasteiger charge is -2.06. The first-order chi connectivity index (χ1) is 12.4. The highest BCUT2D eigenvalue weighted by molar-refractivity contribution is 6.09. The lowest BCUT2D eigenvalue weighted by Crippen LogP contribution is -2.13. The summed E-state index contributed by atoms with van der Waals surface area (Å²) in [5.41, 5.74) is 1.19. The minimum Gasteiger partial charge on any atom is -0.494 e. The Morgan fingerprint density at radius 3 is 2.58 bits per heavy atom. The normalized spacial score (nSPS) is 10.7. The molecule has 0 saturated carbocycles. The zero-order valence-electron chi connectivity index (χ0n) is 14.4. The molecular weight excluding hydrogens is 334 g/mol. The summed E-state index contributed by atoms with van der Waals surface area (Å²) in [6.07, 6.45) is 1.32. The first-order valence-corrected chi connectivity index (χ1v) is 7.85. The maximum atomic E-state index is 12.3. The molecule has 0 aliphatic rings. The molecule has 7 heteroatoms. The van der Waals surface area contributed by atoms with E-state index in [1.165, 1.54) is 12.1 Å². The van der Waals surface area contributed by atoms with Crippen LogP contribution in [-0.2, 0) is 4.79 Å². The number of nitro groups is 1. The topological polar surface area (TPSA) is 105 Å². The fourth-order valence-electron chi connectivity index (χ4n) is 2.23. The number of aryl methyl sites for hydroxylation is 1. The van der Waals surface area contributed by atoms with Crippen molar-refractivity contribution in [1.82, 2.24) is 0 Å². The van der Waals surface area contributed by atoms with E-state index in [1.54, 1.807) is 43.3 Å². The number of anilines is 1. The molecule has 132 valence electrons. The quantitative estimate of drug-likeness (QED) is 0.368. The van der Waals surface area contributed by atoms with E-state index in [-0.39, 0.29) is 11.3 Å². The van der Waals surface area contributed by atoms with Gasteiger partial charge in [-0.25, -0.2) is 0 Å². The van der Waals surface area contributed by atoms with Gasteiger partial charge in [-0.2, -0.15) is 5.26 Å². The Morgan fingerprint density at radius 2 is 2.00 bits per heavy atom. The predicted molar refractivity (Wildman–Crippen MR) is 97.7 cm³/mol. The van der Waals surface area contributed by atoms with Crippen LogP contribution in [0.2, 0.25) is 0 Å². The summed E-state index contributed by atoms with van der Waals surface area (Å²) in [6.45, 7) is 4.03. The van der Waals surface area contributed by atoms with Gasteiger partial charge in [-0.05, 0) is 49.8 Å². The number of ether oxygens (including phenoxy) is 1. The summed E-state index contributed by atoms with van der Waals surface area (Å²) in [6, 6.07) is 13.1.